The fraction of sp³-hybridized carbons (Fsp3) is 0.500. The molecule has 104 valence electrons. The van der Waals surface area contributed by atoms with Crippen LogP contribution in [0.25, 0.3) is 0 Å². The molecule has 0 saturated carbocycles. The minimum absolute atomic E-state index is 0.0475. The van der Waals surface area contributed by atoms with Crippen LogP contribution in [0.2, 0.25) is 5.02 Å². The highest BCUT2D eigenvalue weighted by Crippen LogP contribution is 2.22. The van der Waals surface area contributed by atoms with Gasteiger partial charge in [-0.05, 0) is 18.1 Å². The molecule has 0 radical (unpaired) electrons. The van der Waals surface area contributed by atoms with E-state index in [0.29, 0.717) is 16.6 Å². The molecule has 1 aliphatic rings. The Labute approximate surface area is 119 Å². The molecular weight excluding hydrogens is 262 g/mol. The topological polar surface area (TPSA) is 62.3 Å². The molecule has 5 heteroatoms. The van der Waals surface area contributed by atoms with Crippen LogP contribution in [0, 0.1) is 5.41 Å². The number of nitrogens with one attached hydrogen (secondary N) is 1. The number of rotatable bonds is 4. The van der Waals surface area contributed by atoms with Crippen molar-refractivity contribution in [1.29, 1.82) is 5.41 Å². The van der Waals surface area contributed by atoms with E-state index in [-0.39, 0.29) is 5.84 Å². The number of hydrogen-bond acceptors (Lipinski definition) is 3. The van der Waals surface area contributed by atoms with Crippen molar-refractivity contribution in [2.45, 2.75) is 25.9 Å². The molecule has 1 unspecified atom stereocenters. The summed E-state index contributed by atoms with van der Waals surface area (Å²) in [5.41, 5.74) is 7.20. The van der Waals surface area contributed by atoms with Gasteiger partial charge < -0.3 is 10.5 Å². The summed E-state index contributed by atoms with van der Waals surface area (Å²) in [6, 6.07) is 6.03. The van der Waals surface area contributed by atoms with Gasteiger partial charge in [0.15, 0.2) is 0 Å². The Kier molecular flexibility index (Phi) is 4.80. The molecule has 1 atom stereocenters. The average molecular weight is 282 g/mol. The van der Waals surface area contributed by atoms with Gasteiger partial charge in [-0.3, -0.25) is 10.3 Å². The van der Waals surface area contributed by atoms with Crippen molar-refractivity contribution in [2.75, 3.05) is 19.8 Å². The number of ether oxygens (including phenoxy) is 1. The van der Waals surface area contributed by atoms with E-state index >= 15 is 0 Å². The Hall–Kier alpha value is -1.10. The van der Waals surface area contributed by atoms with Crippen molar-refractivity contribution in [3.8, 4) is 0 Å². The van der Waals surface area contributed by atoms with Gasteiger partial charge in [0.05, 0.1) is 13.2 Å². The molecule has 1 aliphatic heterocycles. The number of nitrogens with two attached hydrogens (primary N) is 1. The Morgan fingerprint density at radius 2 is 2.37 bits per heavy atom. The predicted molar refractivity (Wildman–Crippen MR) is 77.8 cm³/mol. The van der Waals surface area contributed by atoms with E-state index in [4.69, 9.17) is 27.5 Å². The van der Waals surface area contributed by atoms with Crippen molar-refractivity contribution in [1.82, 2.24) is 4.90 Å². The fourth-order valence-corrected chi connectivity index (χ4v) is 2.58. The zero-order valence-corrected chi connectivity index (χ0v) is 11.9. The van der Waals surface area contributed by atoms with Crippen LogP contribution in [0.4, 0.5) is 0 Å². The number of nitrogens with zero attached hydrogens (tertiary/aromatic N) is 1. The molecule has 2 rings (SSSR count). The number of morpholine rings is 1. The molecule has 0 bridgehead atoms. The van der Waals surface area contributed by atoms with Crippen LogP contribution in [-0.2, 0) is 11.3 Å². The Morgan fingerprint density at radius 1 is 1.58 bits per heavy atom. The van der Waals surface area contributed by atoms with Crippen molar-refractivity contribution < 1.29 is 4.74 Å². The van der Waals surface area contributed by atoms with E-state index in [0.717, 1.165) is 38.3 Å². The largest absolute Gasteiger partial charge is 0.384 e. The van der Waals surface area contributed by atoms with Gasteiger partial charge in [0.2, 0.25) is 0 Å². The fourth-order valence-electron chi connectivity index (χ4n) is 2.34. The molecule has 1 aromatic rings. The Bertz CT molecular complexity index is 464. The third-order valence-corrected chi connectivity index (χ3v) is 3.91. The van der Waals surface area contributed by atoms with E-state index in [1.54, 1.807) is 6.07 Å². The second-order valence-electron chi connectivity index (χ2n) is 4.83. The zero-order chi connectivity index (χ0) is 13.8. The van der Waals surface area contributed by atoms with Crippen LogP contribution in [0.3, 0.4) is 0 Å². The van der Waals surface area contributed by atoms with Gasteiger partial charge in [0, 0.05) is 29.7 Å². The van der Waals surface area contributed by atoms with Crippen molar-refractivity contribution >= 4 is 17.4 Å². The molecule has 1 fully saturated rings. The second-order valence-corrected chi connectivity index (χ2v) is 5.23. The third kappa shape index (κ3) is 3.47. The van der Waals surface area contributed by atoms with Gasteiger partial charge >= 0.3 is 0 Å². The molecule has 1 saturated heterocycles. The van der Waals surface area contributed by atoms with Gasteiger partial charge in [-0.15, -0.1) is 0 Å². The first-order chi connectivity index (χ1) is 9.11. The van der Waals surface area contributed by atoms with Gasteiger partial charge in [-0.2, -0.15) is 0 Å². The van der Waals surface area contributed by atoms with Crippen LogP contribution in [-0.4, -0.2) is 36.5 Å². The molecule has 19 heavy (non-hydrogen) atoms. The normalized spacial score (nSPS) is 20.4. The van der Waals surface area contributed by atoms with Crippen molar-refractivity contribution in [3.05, 3.63) is 34.3 Å². The van der Waals surface area contributed by atoms with Gasteiger partial charge in [-0.1, -0.05) is 30.7 Å². The van der Waals surface area contributed by atoms with Crippen LogP contribution < -0.4 is 5.73 Å². The van der Waals surface area contributed by atoms with Gasteiger partial charge in [0.1, 0.15) is 5.84 Å². The van der Waals surface area contributed by atoms with E-state index in [9.17, 15) is 0 Å². The Morgan fingerprint density at radius 3 is 3.00 bits per heavy atom. The lowest BCUT2D eigenvalue weighted by Gasteiger charge is -2.35. The minimum atomic E-state index is 0.0475. The lowest BCUT2D eigenvalue weighted by Crippen LogP contribution is -2.44. The van der Waals surface area contributed by atoms with Crippen LogP contribution in [0.1, 0.15) is 24.5 Å². The maximum Gasteiger partial charge on any atom is 0.122 e. The number of halogens is 1. The lowest BCUT2D eigenvalue weighted by molar-refractivity contribution is -0.0127. The first-order valence-corrected chi connectivity index (χ1v) is 6.94. The molecule has 0 amide bonds. The summed E-state index contributed by atoms with van der Waals surface area (Å²) in [6.07, 6.45) is 1.07. The first-order valence-electron chi connectivity index (χ1n) is 6.56. The van der Waals surface area contributed by atoms with E-state index < -0.39 is 0 Å². The first kappa shape index (κ1) is 14.3. The molecule has 4 nitrogen and oxygen atoms in total. The summed E-state index contributed by atoms with van der Waals surface area (Å²) in [6.45, 7) is 5.49. The minimum Gasteiger partial charge on any atom is -0.384 e. The smallest absolute Gasteiger partial charge is 0.122 e. The van der Waals surface area contributed by atoms with Crippen LogP contribution >= 0.6 is 11.6 Å². The summed E-state index contributed by atoms with van der Waals surface area (Å²) >= 11 is 6.27. The van der Waals surface area contributed by atoms with Crippen LogP contribution in [0.15, 0.2) is 18.2 Å². The summed E-state index contributed by atoms with van der Waals surface area (Å²) in [4.78, 5) is 2.40. The summed E-state index contributed by atoms with van der Waals surface area (Å²) in [5, 5.41) is 8.08. The molecule has 3 N–H and O–H groups in total. The molecular formula is C14H20ClN3O. The highest BCUT2D eigenvalue weighted by Gasteiger charge is 2.22. The SMILES string of the molecule is CCC1COCCN1Cc1ccc(C(=N)N)cc1Cl. The maximum atomic E-state index is 7.41. The van der Waals surface area contributed by atoms with E-state index in [1.807, 2.05) is 12.1 Å². The zero-order valence-electron chi connectivity index (χ0n) is 11.2. The molecule has 1 aromatic carbocycles. The number of benzene rings is 1. The standard InChI is InChI=1S/C14H20ClN3O/c1-2-12-9-19-6-5-18(12)8-11-4-3-10(14(16)17)7-13(11)15/h3-4,7,12H,2,5-6,8-9H2,1H3,(H3,16,17). The molecule has 0 aromatic heterocycles. The lowest BCUT2D eigenvalue weighted by atomic mass is 10.1. The molecule has 0 aliphatic carbocycles. The van der Waals surface area contributed by atoms with Crippen molar-refractivity contribution in [3.63, 3.8) is 0 Å². The predicted octanol–water partition coefficient (Wildman–Crippen LogP) is 2.23. The average Bonchev–Trinajstić information content (AvgIpc) is 2.41. The van der Waals surface area contributed by atoms with Crippen LogP contribution in [0.5, 0.6) is 0 Å². The van der Waals surface area contributed by atoms with Gasteiger partial charge in [0.25, 0.3) is 0 Å². The monoisotopic (exact) mass is 281 g/mol. The molecule has 1 heterocycles. The number of hydrogen-bond donors (Lipinski definition) is 2. The molecule has 0 spiro atoms. The third-order valence-electron chi connectivity index (χ3n) is 3.56. The van der Waals surface area contributed by atoms with E-state index in [1.165, 1.54) is 0 Å². The quantitative estimate of drug-likeness (QED) is 0.657. The van der Waals surface area contributed by atoms with Crippen molar-refractivity contribution in [2.24, 2.45) is 5.73 Å². The summed E-state index contributed by atoms with van der Waals surface area (Å²) in [7, 11) is 0. The summed E-state index contributed by atoms with van der Waals surface area (Å²) in [5.74, 6) is 0.0475. The number of amidine groups is 1. The Balaban J connectivity index is 2.11. The van der Waals surface area contributed by atoms with Gasteiger partial charge in [-0.25, -0.2) is 0 Å². The second kappa shape index (κ2) is 6.37. The number of nitrogen functional groups attached to an aromatic ring is 1. The van der Waals surface area contributed by atoms with E-state index in [2.05, 4.69) is 11.8 Å². The highest BCUT2D eigenvalue weighted by atomic mass is 35.5. The highest BCUT2D eigenvalue weighted by molar-refractivity contribution is 6.31. The maximum absolute atomic E-state index is 7.41. The summed E-state index contributed by atoms with van der Waals surface area (Å²) < 4.78 is 5.50.